The van der Waals surface area contributed by atoms with Crippen LogP contribution in [0.1, 0.15) is 12.0 Å². The molecule has 0 bridgehead atoms. The van der Waals surface area contributed by atoms with Gasteiger partial charge in [0.1, 0.15) is 9.90 Å². The van der Waals surface area contributed by atoms with E-state index >= 15 is 0 Å². The van der Waals surface area contributed by atoms with Gasteiger partial charge in [0.05, 0.1) is 17.8 Å². The van der Waals surface area contributed by atoms with Crippen molar-refractivity contribution in [2.24, 2.45) is 0 Å². The summed E-state index contributed by atoms with van der Waals surface area (Å²) >= 11 is 6.93. The van der Waals surface area contributed by atoms with E-state index < -0.39 is 10.0 Å². The van der Waals surface area contributed by atoms with Gasteiger partial charge in [-0.05, 0) is 18.2 Å². The lowest BCUT2D eigenvalue weighted by atomic mass is 10.2. The van der Waals surface area contributed by atoms with Gasteiger partial charge < -0.3 is 5.11 Å². The number of rotatable bonds is 4. The van der Waals surface area contributed by atoms with Crippen LogP contribution in [0.2, 0.25) is 5.02 Å². The Morgan fingerprint density at radius 3 is 2.86 bits per heavy atom. The van der Waals surface area contributed by atoms with E-state index in [1.165, 1.54) is 18.3 Å². The zero-order chi connectivity index (χ0) is 15.3. The third-order valence-corrected chi connectivity index (χ3v) is 4.84. The number of sulfonamides is 1. The monoisotopic (exact) mass is 343 g/mol. The molecule has 0 saturated heterocycles. The first-order valence-electron chi connectivity index (χ1n) is 5.72. The largest absolute Gasteiger partial charge is 0.395 e. The molecule has 0 aliphatic rings. The molecule has 1 aromatic carbocycles. The van der Waals surface area contributed by atoms with Crippen molar-refractivity contribution in [3.05, 3.63) is 35.0 Å². The number of nitrogens with one attached hydrogen (secondary N) is 1. The predicted octanol–water partition coefficient (Wildman–Crippen LogP) is 1.73. The summed E-state index contributed by atoms with van der Waals surface area (Å²) in [7, 11) is -3.80. The van der Waals surface area contributed by atoms with Crippen molar-refractivity contribution in [1.82, 2.24) is 9.59 Å². The SMILES string of the molecule is O=S(=O)(Nc1cnns1)c1ccc(C#CCCO)cc1Cl. The summed E-state index contributed by atoms with van der Waals surface area (Å²) in [5, 5.41) is 12.6. The molecule has 2 rings (SSSR count). The lowest BCUT2D eigenvalue weighted by Crippen LogP contribution is -2.12. The molecule has 0 amide bonds. The third-order valence-electron chi connectivity index (χ3n) is 2.29. The smallest absolute Gasteiger partial charge is 0.264 e. The zero-order valence-electron chi connectivity index (χ0n) is 10.6. The van der Waals surface area contributed by atoms with E-state index in [9.17, 15) is 8.42 Å². The van der Waals surface area contributed by atoms with Gasteiger partial charge in [-0.25, -0.2) is 8.42 Å². The molecular formula is C12H10ClN3O3S2. The van der Waals surface area contributed by atoms with Crippen LogP contribution in [0.3, 0.4) is 0 Å². The fourth-order valence-corrected chi connectivity index (χ4v) is 3.65. The zero-order valence-corrected chi connectivity index (χ0v) is 13.0. The van der Waals surface area contributed by atoms with Crippen LogP contribution in [-0.4, -0.2) is 29.7 Å². The van der Waals surface area contributed by atoms with Crippen molar-refractivity contribution in [2.75, 3.05) is 11.3 Å². The average Bonchev–Trinajstić information content (AvgIpc) is 2.91. The fourth-order valence-electron chi connectivity index (χ4n) is 1.42. The van der Waals surface area contributed by atoms with Gasteiger partial charge in [0, 0.05) is 23.5 Å². The van der Waals surface area contributed by atoms with Crippen LogP contribution in [0.25, 0.3) is 0 Å². The van der Waals surface area contributed by atoms with E-state index in [1.54, 1.807) is 6.07 Å². The van der Waals surface area contributed by atoms with Crippen LogP contribution in [0.4, 0.5) is 5.00 Å². The molecule has 0 fully saturated rings. The summed E-state index contributed by atoms with van der Waals surface area (Å²) in [6.07, 6.45) is 1.66. The topological polar surface area (TPSA) is 92.2 Å². The number of aromatic nitrogens is 2. The minimum atomic E-state index is -3.80. The van der Waals surface area contributed by atoms with Gasteiger partial charge in [0.15, 0.2) is 0 Å². The number of benzene rings is 1. The van der Waals surface area contributed by atoms with E-state index in [0.29, 0.717) is 17.0 Å². The van der Waals surface area contributed by atoms with Gasteiger partial charge in [0.2, 0.25) is 0 Å². The molecule has 1 heterocycles. The molecule has 0 aliphatic carbocycles. The highest BCUT2D eigenvalue weighted by molar-refractivity contribution is 7.93. The number of aliphatic hydroxyl groups excluding tert-OH is 1. The minimum absolute atomic E-state index is 0.0278. The number of nitrogens with zero attached hydrogens (tertiary/aromatic N) is 2. The van der Waals surface area contributed by atoms with Crippen LogP contribution in [-0.2, 0) is 10.0 Å². The van der Waals surface area contributed by atoms with Gasteiger partial charge in [-0.15, -0.1) is 5.10 Å². The standard InChI is InChI=1S/C12H10ClN3O3S2/c13-10-7-9(3-1-2-6-17)4-5-11(10)21(18,19)15-12-8-14-16-20-12/h4-5,7-8,15,17H,2,6H2. The maximum Gasteiger partial charge on any atom is 0.264 e. The highest BCUT2D eigenvalue weighted by Gasteiger charge is 2.19. The lowest BCUT2D eigenvalue weighted by Gasteiger charge is -2.07. The predicted molar refractivity (Wildman–Crippen MR) is 80.8 cm³/mol. The number of hydrogen-bond donors (Lipinski definition) is 2. The quantitative estimate of drug-likeness (QED) is 0.825. The van der Waals surface area contributed by atoms with Crippen LogP contribution in [0, 0.1) is 11.8 Å². The molecule has 0 saturated carbocycles. The summed E-state index contributed by atoms with van der Waals surface area (Å²) in [6.45, 7) is -0.0278. The van der Waals surface area contributed by atoms with Crippen LogP contribution >= 0.6 is 23.1 Å². The maximum atomic E-state index is 12.2. The van der Waals surface area contributed by atoms with E-state index in [2.05, 4.69) is 26.1 Å². The van der Waals surface area contributed by atoms with Crippen molar-refractivity contribution in [2.45, 2.75) is 11.3 Å². The summed E-state index contributed by atoms with van der Waals surface area (Å²) in [5.41, 5.74) is 0.576. The second-order valence-electron chi connectivity index (χ2n) is 3.81. The second-order valence-corrected chi connectivity index (χ2v) is 6.65. The summed E-state index contributed by atoms with van der Waals surface area (Å²) in [5.74, 6) is 5.52. The molecule has 21 heavy (non-hydrogen) atoms. The first-order chi connectivity index (χ1) is 10.0. The Morgan fingerprint density at radius 2 is 2.24 bits per heavy atom. The first kappa shape index (κ1) is 15.7. The number of anilines is 1. The van der Waals surface area contributed by atoms with E-state index in [1.807, 2.05) is 0 Å². The first-order valence-corrected chi connectivity index (χ1v) is 8.36. The molecule has 0 radical (unpaired) electrons. The van der Waals surface area contributed by atoms with Crippen LogP contribution in [0.5, 0.6) is 0 Å². The Morgan fingerprint density at radius 1 is 1.43 bits per heavy atom. The van der Waals surface area contributed by atoms with Crippen molar-refractivity contribution >= 4 is 38.2 Å². The van der Waals surface area contributed by atoms with Gasteiger partial charge in [-0.3, -0.25) is 4.72 Å². The number of halogens is 1. The normalized spacial score (nSPS) is 10.8. The Kier molecular flexibility index (Phi) is 5.14. The van der Waals surface area contributed by atoms with Crippen molar-refractivity contribution in [1.29, 1.82) is 0 Å². The molecule has 9 heteroatoms. The highest BCUT2D eigenvalue weighted by Crippen LogP contribution is 2.25. The summed E-state index contributed by atoms with van der Waals surface area (Å²) < 4.78 is 30.3. The maximum absolute atomic E-state index is 12.2. The fraction of sp³-hybridized carbons (Fsp3) is 0.167. The Balaban J connectivity index is 2.26. The molecule has 0 unspecified atom stereocenters. The molecular weight excluding hydrogens is 334 g/mol. The minimum Gasteiger partial charge on any atom is -0.395 e. The highest BCUT2D eigenvalue weighted by atomic mass is 35.5. The van der Waals surface area contributed by atoms with Crippen molar-refractivity contribution < 1.29 is 13.5 Å². The average molecular weight is 344 g/mol. The van der Waals surface area contributed by atoms with Crippen molar-refractivity contribution in [3.63, 3.8) is 0 Å². The Labute approximate surface area is 131 Å². The second kappa shape index (κ2) is 6.87. The molecule has 1 aromatic heterocycles. The van der Waals surface area contributed by atoms with E-state index in [0.717, 1.165) is 11.5 Å². The van der Waals surface area contributed by atoms with Gasteiger partial charge >= 0.3 is 0 Å². The summed E-state index contributed by atoms with van der Waals surface area (Å²) in [4.78, 5) is -0.0507. The Hall–Kier alpha value is -1.66. The van der Waals surface area contributed by atoms with Crippen molar-refractivity contribution in [3.8, 4) is 11.8 Å². The lowest BCUT2D eigenvalue weighted by molar-refractivity contribution is 0.305. The van der Waals surface area contributed by atoms with Crippen LogP contribution in [0.15, 0.2) is 29.3 Å². The molecule has 2 N–H and O–H groups in total. The van der Waals surface area contributed by atoms with Gasteiger partial charge in [-0.1, -0.05) is 27.9 Å². The third kappa shape index (κ3) is 4.15. The molecule has 0 aliphatic heterocycles. The van der Waals surface area contributed by atoms with E-state index in [-0.39, 0.29) is 16.5 Å². The van der Waals surface area contributed by atoms with Gasteiger partial charge in [0.25, 0.3) is 10.0 Å². The molecule has 2 aromatic rings. The number of hydrogen-bond acceptors (Lipinski definition) is 6. The Bertz CT molecular complexity index is 780. The number of aliphatic hydroxyl groups is 1. The van der Waals surface area contributed by atoms with E-state index in [4.69, 9.17) is 16.7 Å². The van der Waals surface area contributed by atoms with Gasteiger partial charge in [-0.2, -0.15) is 0 Å². The molecule has 110 valence electrons. The summed E-state index contributed by atoms with van der Waals surface area (Å²) in [6, 6.07) is 4.39. The van der Waals surface area contributed by atoms with Crippen LogP contribution < -0.4 is 4.72 Å². The molecule has 0 spiro atoms. The molecule has 6 nitrogen and oxygen atoms in total. The molecule has 0 atom stereocenters.